The van der Waals surface area contributed by atoms with Gasteiger partial charge in [-0.05, 0) is 38.1 Å². The van der Waals surface area contributed by atoms with Gasteiger partial charge in [0.05, 0.1) is 16.1 Å². The SMILES string of the molecule is C[C@H](C(=O)O[C@H](C)C(=O)Nc1ccc([N+](=O)[O-])cc1)N1C(=O)c2ccccc2C1=O. The molecule has 0 aromatic heterocycles. The zero-order valence-corrected chi connectivity index (χ0v) is 16.0. The molecule has 10 nitrogen and oxygen atoms in total. The Balaban J connectivity index is 1.62. The summed E-state index contributed by atoms with van der Waals surface area (Å²) in [5, 5.41) is 13.1. The molecule has 2 aromatic rings. The molecular formula is C20H17N3O7. The molecule has 1 aliphatic rings. The number of fused-ring (bicyclic) bond motifs is 1. The highest BCUT2D eigenvalue weighted by molar-refractivity contribution is 6.22. The maximum absolute atomic E-state index is 12.5. The number of ether oxygens (including phenoxy) is 1. The van der Waals surface area contributed by atoms with Gasteiger partial charge < -0.3 is 10.1 Å². The normalized spacial score (nSPS) is 14.7. The quantitative estimate of drug-likeness (QED) is 0.333. The third-order valence-corrected chi connectivity index (χ3v) is 4.56. The van der Waals surface area contributed by atoms with Crippen LogP contribution in [0.2, 0.25) is 0 Å². The first kappa shape index (κ1) is 20.6. The predicted octanol–water partition coefficient (Wildman–Crippen LogP) is 2.15. The molecule has 3 amide bonds. The molecule has 2 aromatic carbocycles. The molecule has 30 heavy (non-hydrogen) atoms. The second-order valence-corrected chi connectivity index (χ2v) is 6.57. The highest BCUT2D eigenvalue weighted by Crippen LogP contribution is 2.25. The number of anilines is 1. The van der Waals surface area contributed by atoms with Gasteiger partial charge in [-0.25, -0.2) is 4.79 Å². The summed E-state index contributed by atoms with van der Waals surface area (Å²) in [5.74, 6) is -2.81. The summed E-state index contributed by atoms with van der Waals surface area (Å²) in [6.45, 7) is 2.67. The molecule has 10 heteroatoms. The summed E-state index contributed by atoms with van der Waals surface area (Å²) < 4.78 is 5.11. The van der Waals surface area contributed by atoms with Gasteiger partial charge in [0.2, 0.25) is 0 Å². The number of imide groups is 1. The van der Waals surface area contributed by atoms with Crippen molar-refractivity contribution in [3.63, 3.8) is 0 Å². The van der Waals surface area contributed by atoms with Crippen LogP contribution in [0.3, 0.4) is 0 Å². The Morgan fingerprint density at radius 3 is 2.03 bits per heavy atom. The van der Waals surface area contributed by atoms with Gasteiger partial charge in [-0.3, -0.25) is 29.4 Å². The lowest BCUT2D eigenvalue weighted by atomic mass is 10.1. The van der Waals surface area contributed by atoms with Crippen molar-refractivity contribution in [2.24, 2.45) is 0 Å². The Morgan fingerprint density at radius 2 is 1.53 bits per heavy atom. The maximum Gasteiger partial charge on any atom is 0.329 e. The third kappa shape index (κ3) is 3.88. The van der Waals surface area contributed by atoms with Gasteiger partial charge in [0.25, 0.3) is 23.4 Å². The number of nitrogens with one attached hydrogen (secondary N) is 1. The summed E-state index contributed by atoms with van der Waals surface area (Å²) in [5.41, 5.74) is 0.543. The van der Waals surface area contributed by atoms with Crippen LogP contribution >= 0.6 is 0 Å². The van der Waals surface area contributed by atoms with Gasteiger partial charge in [0.15, 0.2) is 6.10 Å². The molecule has 0 aliphatic carbocycles. The Morgan fingerprint density at radius 1 is 1.00 bits per heavy atom. The Bertz CT molecular complexity index is 1010. The smallest absolute Gasteiger partial charge is 0.329 e. The molecule has 0 spiro atoms. The first-order valence-electron chi connectivity index (χ1n) is 8.93. The number of carbonyl (C=O) groups is 4. The molecule has 0 saturated heterocycles. The Labute approximate surface area is 170 Å². The van der Waals surface area contributed by atoms with E-state index in [1.807, 2.05) is 0 Å². The number of esters is 1. The number of nitro benzene ring substituents is 1. The molecule has 0 saturated carbocycles. The van der Waals surface area contributed by atoms with Crippen LogP contribution in [-0.2, 0) is 14.3 Å². The second-order valence-electron chi connectivity index (χ2n) is 6.57. The van der Waals surface area contributed by atoms with Crippen molar-refractivity contribution >= 4 is 35.1 Å². The zero-order chi connectivity index (χ0) is 22.0. The molecule has 1 N–H and O–H groups in total. The van der Waals surface area contributed by atoms with Gasteiger partial charge in [0, 0.05) is 17.8 Å². The van der Waals surface area contributed by atoms with Crippen LogP contribution in [0.5, 0.6) is 0 Å². The van der Waals surface area contributed by atoms with Gasteiger partial charge in [-0.15, -0.1) is 0 Å². The lowest BCUT2D eigenvalue weighted by molar-refractivity contribution is -0.384. The maximum atomic E-state index is 12.5. The number of nitro groups is 1. The number of hydrogen-bond acceptors (Lipinski definition) is 7. The summed E-state index contributed by atoms with van der Waals surface area (Å²) in [7, 11) is 0. The fourth-order valence-corrected chi connectivity index (χ4v) is 2.90. The first-order chi connectivity index (χ1) is 14.2. The molecule has 0 unspecified atom stereocenters. The summed E-state index contributed by atoms with van der Waals surface area (Å²) >= 11 is 0. The van der Waals surface area contributed by atoms with Crippen LogP contribution < -0.4 is 5.32 Å². The van der Waals surface area contributed by atoms with Gasteiger partial charge in [-0.2, -0.15) is 0 Å². The minimum atomic E-state index is -1.23. The number of rotatable bonds is 6. The van der Waals surface area contributed by atoms with Crippen molar-refractivity contribution in [1.29, 1.82) is 0 Å². The molecule has 1 heterocycles. The van der Waals surface area contributed by atoms with Crippen LogP contribution in [0.25, 0.3) is 0 Å². The molecule has 0 fully saturated rings. The topological polar surface area (TPSA) is 136 Å². The molecule has 154 valence electrons. The number of hydrogen-bond donors (Lipinski definition) is 1. The second kappa shape index (κ2) is 8.11. The third-order valence-electron chi connectivity index (χ3n) is 4.56. The van der Waals surface area contributed by atoms with Crippen molar-refractivity contribution < 1.29 is 28.8 Å². The van der Waals surface area contributed by atoms with E-state index in [0.717, 1.165) is 4.90 Å². The lowest BCUT2D eigenvalue weighted by Crippen LogP contribution is -2.45. The van der Waals surface area contributed by atoms with E-state index < -0.39 is 40.8 Å². The molecule has 0 bridgehead atoms. The summed E-state index contributed by atoms with van der Waals surface area (Å²) in [6, 6.07) is 10.1. The standard InChI is InChI=1S/C20H17N3O7/c1-11(22-18(25)15-5-3-4-6-16(15)19(22)26)20(27)30-12(2)17(24)21-13-7-9-14(10-8-13)23(28)29/h3-12H,1-2H3,(H,21,24)/t11-,12-/m1/s1. The number of nitrogens with zero attached hydrogens (tertiary/aromatic N) is 2. The average molecular weight is 411 g/mol. The minimum Gasteiger partial charge on any atom is -0.451 e. The first-order valence-corrected chi connectivity index (χ1v) is 8.93. The van der Waals surface area contributed by atoms with Crippen molar-refractivity contribution in [1.82, 2.24) is 4.90 Å². The van der Waals surface area contributed by atoms with E-state index in [1.165, 1.54) is 50.2 Å². The van der Waals surface area contributed by atoms with Crippen LogP contribution in [0, 0.1) is 10.1 Å². The predicted molar refractivity (Wildman–Crippen MR) is 104 cm³/mol. The number of carbonyl (C=O) groups excluding carboxylic acids is 4. The van der Waals surface area contributed by atoms with Crippen molar-refractivity contribution in [3.8, 4) is 0 Å². The van der Waals surface area contributed by atoms with Gasteiger partial charge >= 0.3 is 5.97 Å². The van der Waals surface area contributed by atoms with Crippen LogP contribution in [-0.4, -0.2) is 45.7 Å². The van der Waals surface area contributed by atoms with Crippen LogP contribution in [0.1, 0.15) is 34.6 Å². The number of amides is 3. The largest absolute Gasteiger partial charge is 0.451 e. The lowest BCUT2D eigenvalue weighted by Gasteiger charge is -2.22. The Kier molecular flexibility index (Phi) is 5.58. The fraction of sp³-hybridized carbons (Fsp3) is 0.200. The molecular weight excluding hydrogens is 394 g/mol. The minimum absolute atomic E-state index is 0.137. The molecule has 0 radical (unpaired) electrons. The van der Waals surface area contributed by atoms with Crippen LogP contribution in [0.15, 0.2) is 48.5 Å². The van der Waals surface area contributed by atoms with E-state index >= 15 is 0 Å². The monoisotopic (exact) mass is 411 g/mol. The molecule has 2 atom stereocenters. The van der Waals surface area contributed by atoms with E-state index in [2.05, 4.69) is 5.32 Å². The zero-order valence-electron chi connectivity index (χ0n) is 16.0. The van der Waals surface area contributed by atoms with E-state index in [1.54, 1.807) is 12.1 Å². The van der Waals surface area contributed by atoms with Crippen molar-refractivity contribution in [2.45, 2.75) is 26.0 Å². The highest BCUT2D eigenvalue weighted by Gasteiger charge is 2.41. The van der Waals surface area contributed by atoms with E-state index in [0.29, 0.717) is 0 Å². The van der Waals surface area contributed by atoms with E-state index in [4.69, 9.17) is 4.74 Å². The van der Waals surface area contributed by atoms with E-state index in [9.17, 15) is 29.3 Å². The highest BCUT2D eigenvalue weighted by atomic mass is 16.6. The number of benzene rings is 2. The average Bonchev–Trinajstić information content (AvgIpc) is 2.98. The molecule has 3 rings (SSSR count). The fourth-order valence-electron chi connectivity index (χ4n) is 2.90. The Hall–Kier alpha value is -4.08. The van der Waals surface area contributed by atoms with E-state index in [-0.39, 0.29) is 22.5 Å². The van der Waals surface area contributed by atoms with Gasteiger partial charge in [0.1, 0.15) is 6.04 Å². The molecule has 1 aliphatic heterocycles. The number of non-ortho nitro benzene ring substituents is 1. The summed E-state index contributed by atoms with van der Waals surface area (Å²) in [4.78, 5) is 60.5. The summed E-state index contributed by atoms with van der Waals surface area (Å²) in [6.07, 6.45) is -1.23. The van der Waals surface area contributed by atoms with Gasteiger partial charge in [-0.1, -0.05) is 12.1 Å². The van der Waals surface area contributed by atoms with Crippen LogP contribution in [0.4, 0.5) is 11.4 Å². The van der Waals surface area contributed by atoms with Crippen molar-refractivity contribution in [3.05, 3.63) is 69.8 Å². The van der Waals surface area contributed by atoms with Crippen molar-refractivity contribution in [2.75, 3.05) is 5.32 Å².